The second kappa shape index (κ2) is 7.81. The molecule has 8 heteroatoms. The van der Waals surface area contributed by atoms with Crippen molar-refractivity contribution in [2.24, 2.45) is 0 Å². The number of ether oxygens (including phenoxy) is 1. The molecule has 1 unspecified atom stereocenters. The van der Waals surface area contributed by atoms with Gasteiger partial charge in [-0.25, -0.2) is 14.6 Å². The van der Waals surface area contributed by atoms with E-state index in [0.29, 0.717) is 16.9 Å². The average molecular weight is 415 g/mol. The Morgan fingerprint density at radius 2 is 1.97 bits per heavy atom. The summed E-state index contributed by atoms with van der Waals surface area (Å²) in [5, 5.41) is 3.31. The molecule has 0 aliphatic carbocycles. The SMILES string of the molecule is COC(=O)c1ccc(-c2ccc(-n3c(=O)n(C4CCNC4)c4ncccc43)cn2)cc1. The molecule has 1 fully saturated rings. The van der Waals surface area contributed by atoms with Crippen molar-refractivity contribution in [2.45, 2.75) is 12.5 Å². The topological polar surface area (TPSA) is 91.0 Å². The molecule has 1 N–H and O–H groups in total. The van der Waals surface area contributed by atoms with Crippen molar-refractivity contribution < 1.29 is 9.53 Å². The predicted octanol–water partition coefficient (Wildman–Crippen LogP) is 2.57. The van der Waals surface area contributed by atoms with E-state index in [1.807, 2.05) is 36.4 Å². The van der Waals surface area contributed by atoms with Crippen molar-refractivity contribution in [3.05, 3.63) is 77.0 Å². The fraction of sp³-hybridized carbons (Fsp3) is 0.217. The summed E-state index contributed by atoms with van der Waals surface area (Å²) in [6.45, 7) is 1.65. The first-order valence-corrected chi connectivity index (χ1v) is 10.1. The number of esters is 1. The van der Waals surface area contributed by atoms with Gasteiger partial charge in [-0.3, -0.25) is 14.1 Å². The molecule has 3 aromatic heterocycles. The lowest BCUT2D eigenvalue weighted by molar-refractivity contribution is 0.0601. The zero-order chi connectivity index (χ0) is 21.4. The number of hydrogen-bond donors (Lipinski definition) is 1. The van der Waals surface area contributed by atoms with Crippen LogP contribution in [0.2, 0.25) is 0 Å². The van der Waals surface area contributed by atoms with Gasteiger partial charge in [0.2, 0.25) is 0 Å². The van der Waals surface area contributed by atoms with E-state index in [2.05, 4.69) is 15.3 Å². The molecule has 4 aromatic rings. The lowest BCUT2D eigenvalue weighted by Crippen LogP contribution is -2.28. The molecule has 0 spiro atoms. The number of rotatable bonds is 4. The molecule has 0 radical (unpaired) electrons. The van der Waals surface area contributed by atoms with Gasteiger partial charge in [0.25, 0.3) is 0 Å². The van der Waals surface area contributed by atoms with Crippen molar-refractivity contribution in [3.8, 4) is 16.9 Å². The van der Waals surface area contributed by atoms with Crippen molar-refractivity contribution in [1.82, 2.24) is 24.4 Å². The maximum atomic E-state index is 13.3. The quantitative estimate of drug-likeness (QED) is 0.515. The summed E-state index contributed by atoms with van der Waals surface area (Å²) >= 11 is 0. The number of methoxy groups -OCH3 is 1. The Balaban J connectivity index is 1.54. The maximum absolute atomic E-state index is 13.3. The Labute approximate surface area is 178 Å². The highest BCUT2D eigenvalue weighted by molar-refractivity contribution is 5.89. The fourth-order valence-electron chi connectivity index (χ4n) is 4.07. The Bertz CT molecular complexity index is 1300. The van der Waals surface area contributed by atoms with Crippen LogP contribution in [0.25, 0.3) is 28.1 Å². The number of fused-ring (bicyclic) bond motifs is 1. The smallest absolute Gasteiger partial charge is 0.337 e. The minimum absolute atomic E-state index is 0.0895. The van der Waals surface area contributed by atoms with Crippen LogP contribution in [0.3, 0.4) is 0 Å². The zero-order valence-electron chi connectivity index (χ0n) is 17.0. The van der Waals surface area contributed by atoms with Gasteiger partial charge in [0, 0.05) is 18.3 Å². The van der Waals surface area contributed by atoms with Gasteiger partial charge in [-0.05, 0) is 49.4 Å². The summed E-state index contributed by atoms with van der Waals surface area (Å²) in [6, 6.07) is 14.6. The summed E-state index contributed by atoms with van der Waals surface area (Å²) in [6.07, 6.45) is 4.30. The highest BCUT2D eigenvalue weighted by atomic mass is 16.5. The normalized spacial score (nSPS) is 16.0. The molecule has 0 bridgehead atoms. The van der Waals surface area contributed by atoms with Crippen LogP contribution in [0.5, 0.6) is 0 Å². The summed E-state index contributed by atoms with van der Waals surface area (Å²) in [7, 11) is 1.36. The molecule has 1 aliphatic rings. The van der Waals surface area contributed by atoms with E-state index in [1.165, 1.54) is 7.11 Å². The minimum atomic E-state index is -0.378. The van der Waals surface area contributed by atoms with Crippen LogP contribution < -0.4 is 11.0 Å². The molecule has 0 saturated carbocycles. The van der Waals surface area contributed by atoms with E-state index < -0.39 is 0 Å². The third-order valence-corrected chi connectivity index (χ3v) is 5.64. The number of pyridine rings is 2. The number of aromatic nitrogens is 4. The van der Waals surface area contributed by atoms with Crippen LogP contribution >= 0.6 is 0 Å². The van der Waals surface area contributed by atoms with Gasteiger partial charge in [0.05, 0.1) is 41.8 Å². The van der Waals surface area contributed by atoms with Crippen LogP contribution in [-0.2, 0) is 4.74 Å². The van der Waals surface area contributed by atoms with Crippen LogP contribution in [0.15, 0.2) is 65.7 Å². The minimum Gasteiger partial charge on any atom is -0.465 e. The average Bonchev–Trinajstić information content (AvgIpc) is 3.44. The van der Waals surface area contributed by atoms with Gasteiger partial charge in [0.15, 0.2) is 5.65 Å². The number of nitrogens with one attached hydrogen (secondary N) is 1. The van der Waals surface area contributed by atoms with Crippen molar-refractivity contribution in [3.63, 3.8) is 0 Å². The summed E-state index contributed by atoms with van der Waals surface area (Å²) < 4.78 is 8.18. The number of carbonyl (C=O) groups excluding carboxylic acids is 1. The predicted molar refractivity (Wildman–Crippen MR) is 116 cm³/mol. The molecule has 5 rings (SSSR count). The first-order valence-electron chi connectivity index (χ1n) is 10.1. The number of carbonyl (C=O) groups is 1. The Kier molecular flexibility index (Phi) is 4.83. The van der Waals surface area contributed by atoms with Crippen molar-refractivity contribution >= 4 is 17.1 Å². The molecule has 4 heterocycles. The number of benzene rings is 1. The van der Waals surface area contributed by atoms with E-state index in [-0.39, 0.29) is 17.7 Å². The number of nitrogens with zero attached hydrogens (tertiary/aromatic N) is 4. The van der Waals surface area contributed by atoms with E-state index in [4.69, 9.17) is 4.74 Å². The van der Waals surface area contributed by atoms with Crippen LogP contribution in [0, 0.1) is 0 Å². The standard InChI is InChI=1S/C23H21N5O3/c1-31-22(29)16-6-4-15(5-7-16)19-9-8-17(14-26-19)27-20-3-2-11-25-21(20)28(23(27)30)18-10-12-24-13-18/h2-9,11,14,18,24H,10,12-13H2,1H3. The zero-order valence-corrected chi connectivity index (χ0v) is 17.0. The van der Waals surface area contributed by atoms with Gasteiger partial charge in [0.1, 0.15) is 0 Å². The van der Waals surface area contributed by atoms with Gasteiger partial charge < -0.3 is 10.1 Å². The third kappa shape index (κ3) is 3.30. The monoisotopic (exact) mass is 415 g/mol. The van der Waals surface area contributed by atoms with E-state index in [0.717, 1.165) is 36.3 Å². The van der Waals surface area contributed by atoms with Crippen LogP contribution in [0.1, 0.15) is 22.8 Å². The second-order valence-electron chi connectivity index (χ2n) is 7.45. The molecule has 1 aromatic carbocycles. The highest BCUT2D eigenvalue weighted by Gasteiger charge is 2.24. The Hall–Kier alpha value is -3.78. The molecule has 0 amide bonds. The van der Waals surface area contributed by atoms with E-state index in [1.54, 1.807) is 33.7 Å². The first-order chi connectivity index (χ1) is 15.2. The number of hydrogen-bond acceptors (Lipinski definition) is 6. The van der Waals surface area contributed by atoms with E-state index in [9.17, 15) is 9.59 Å². The second-order valence-corrected chi connectivity index (χ2v) is 7.45. The first kappa shape index (κ1) is 19.2. The molecule has 156 valence electrons. The van der Waals surface area contributed by atoms with Crippen molar-refractivity contribution in [1.29, 1.82) is 0 Å². The van der Waals surface area contributed by atoms with Gasteiger partial charge in [-0.1, -0.05) is 12.1 Å². The van der Waals surface area contributed by atoms with E-state index >= 15 is 0 Å². The molecule has 8 nitrogen and oxygen atoms in total. The molecule has 1 saturated heterocycles. The maximum Gasteiger partial charge on any atom is 0.337 e. The Morgan fingerprint density at radius 3 is 2.65 bits per heavy atom. The summed E-state index contributed by atoms with van der Waals surface area (Å²) in [5.41, 5.74) is 4.11. The molecular formula is C23H21N5O3. The number of imidazole rings is 1. The van der Waals surface area contributed by atoms with Gasteiger partial charge >= 0.3 is 11.7 Å². The molecule has 1 atom stereocenters. The lowest BCUT2D eigenvalue weighted by atomic mass is 10.1. The summed E-state index contributed by atoms with van der Waals surface area (Å²) in [4.78, 5) is 34.0. The van der Waals surface area contributed by atoms with Gasteiger partial charge in [-0.15, -0.1) is 0 Å². The van der Waals surface area contributed by atoms with Gasteiger partial charge in [-0.2, -0.15) is 0 Å². The largest absolute Gasteiger partial charge is 0.465 e. The molecule has 1 aliphatic heterocycles. The molecular weight excluding hydrogens is 394 g/mol. The highest BCUT2D eigenvalue weighted by Crippen LogP contribution is 2.23. The lowest BCUT2D eigenvalue weighted by Gasteiger charge is -2.09. The van der Waals surface area contributed by atoms with Crippen molar-refractivity contribution in [2.75, 3.05) is 20.2 Å². The third-order valence-electron chi connectivity index (χ3n) is 5.64. The van der Waals surface area contributed by atoms with Crippen LogP contribution in [-0.4, -0.2) is 45.3 Å². The summed E-state index contributed by atoms with van der Waals surface area (Å²) in [5.74, 6) is -0.378. The van der Waals surface area contributed by atoms with Crippen LogP contribution in [0.4, 0.5) is 0 Å². The fourth-order valence-corrected chi connectivity index (χ4v) is 4.07. The molecule has 31 heavy (non-hydrogen) atoms. The Morgan fingerprint density at radius 1 is 1.13 bits per heavy atom.